The Labute approximate surface area is 171 Å². The molecule has 7 nitrogen and oxygen atoms in total. The van der Waals surface area contributed by atoms with E-state index in [1.54, 1.807) is 0 Å². The summed E-state index contributed by atoms with van der Waals surface area (Å²) in [6.07, 6.45) is 0. The number of amides is 1. The number of carbonyl (C=O) groups is 1. The molecule has 8 heteroatoms. The molecule has 3 heterocycles. The molecule has 1 aliphatic heterocycles. The van der Waals surface area contributed by atoms with Gasteiger partial charge in [0.15, 0.2) is 5.65 Å². The van der Waals surface area contributed by atoms with Crippen LogP contribution in [0.3, 0.4) is 0 Å². The van der Waals surface area contributed by atoms with E-state index in [1.807, 2.05) is 59.5 Å². The predicted octanol–water partition coefficient (Wildman–Crippen LogP) is 3.20. The predicted molar refractivity (Wildman–Crippen MR) is 112 cm³/mol. The van der Waals surface area contributed by atoms with Crippen LogP contribution in [-0.2, 0) is 9.53 Å². The van der Waals surface area contributed by atoms with Crippen LogP contribution in [0.1, 0.15) is 10.8 Å². The molecule has 0 radical (unpaired) electrons. The molecule has 0 aliphatic carbocycles. The second-order valence-electron chi connectivity index (χ2n) is 6.81. The highest BCUT2D eigenvalue weighted by atomic mass is 32.2. The Bertz CT molecular complexity index is 1160. The molecule has 1 atom stereocenters. The molecule has 1 aliphatic rings. The van der Waals surface area contributed by atoms with Gasteiger partial charge in [0, 0.05) is 24.0 Å². The molecular weight excluding hydrogens is 386 g/mol. The van der Waals surface area contributed by atoms with Gasteiger partial charge in [-0.2, -0.15) is 0 Å². The SMILES string of the molecule is O=C([C@H](Sc1nnc2c(n1)[nH]c1ccccc12)c1ccccc1)N1CCOCC1. The molecule has 1 fully saturated rings. The number of hydrogen-bond acceptors (Lipinski definition) is 6. The van der Waals surface area contributed by atoms with Crippen LogP contribution >= 0.6 is 11.8 Å². The second-order valence-corrected chi connectivity index (χ2v) is 7.88. The Morgan fingerprint density at radius 2 is 1.79 bits per heavy atom. The molecule has 5 rings (SSSR count). The molecule has 2 aromatic heterocycles. The van der Waals surface area contributed by atoms with Gasteiger partial charge in [-0.3, -0.25) is 4.79 Å². The Morgan fingerprint density at radius 3 is 2.62 bits per heavy atom. The number of para-hydroxylation sites is 1. The van der Waals surface area contributed by atoms with Crippen molar-refractivity contribution in [2.24, 2.45) is 0 Å². The number of nitrogens with zero attached hydrogens (tertiary/aromatic N) is 4. The van der Waals surface area contributed by atoms with Gasteiger partial charge in [-0.1, -0.05) is 60.3 Å². The Balaban J connectivity index is 1.49. The van der Waals surface area contributed by atoms with Crippen LogP contribution in [0.5, 0.6) is 0 Å². The molecule has 0 bridgehead atoms. The van der Waals surface area contributed by atoms with Crippen LogP contribution in [0.4, 0.5) is 0 Å². The van der Waals surface area contributed by atoms with E-state index < -0.39 is 5.25 Å². The minimum Gasteiger partial charge on any atom is -0.378 e. The number of H-pyrrole nitrogens is 1. The number of morpholine rings is 1. The zero-order valence-corrected chi connectivity index (χ0v) is 16.4. The monoisotopic (exact) mass is 405 g/mol. The zero-order chi connectivity index (χ0) is 19.6. The van der Waals surface area contributed by atoms with Gasteiger partial charge in [0.2, 0.25) is 11.1 Å². The van der Waals surface area contributed by atoms with Crippen LogP contribution < -0.4 is 0 Å². The summed E-state index contributed by atoms with van der Waals surface area (Å²) in [5, 5.41) is 9.72. The minimum atomic E-state index is -0.432. The first-order valence-electron chi connectivity index (χ1n) is 9.49. The van der Waals surface area contributed by atoms with E-state index in [2.05, 4.69) is 20.2 Å². The number of thioether (sulfide) groups is 1. The molecule has 0 spiro atoms. The summed E-state index contributed by atoms with van der Waals surface area (Å²) in [4.78, 5) is 23.1. The van der Waals surface area contributed by atoms with Gasteiger partial charge >= 0.3 is 0 Å². The minimum absolute atomic E-state index is 0.0462. The average Bonchev–Trinajstić information content (AvgIpc) is 3.16. The third-order valence-corrected chi connectivity index (χ3v) is 6.07. The van der Waals surface area contributed by atoms with Crippen LogP contribution in [0.15, 0.2) is 59.8 Å². The maximum atomic E-state index is 13.3. The number of rotatable bonds is 4. The number of benzene rings is 2. The van der Waals surface area contributed by atoms with Crippen LogP contribution in [0.25, 0.3) is 22.1 Å². The van der Waals surface area contributed by atoms with Gasteiger partial charge in [0.1, 0.15) is 10.8 Å². The van der Waals surface area contributed by atoms with Crippen molar-refractivity contribution in [1.82, 2.24) is 25.1 Å². The summed E-state index contributed by atoms with van der Waals surface area (Å²) in [6, 6.07) is 17.7. The first-order valence-corrected chi connectivity index (χ1v) is 10.4. The molecule has 0 saturated carbocycles. The summed E-state index contributed by atoms with van der Waals surface area (Å²) < 4.78 is 5.39. The van der Waals surface area contributed by atoms with Crippen molar-refractivity contribution in [1.29, 1.82) is 0 Å². The molecule has 146 valence electrons. The maximum Gasteiger partial charge on any atom is 0.240 e. The van der Waals surface area contributed by atoms with Gasteiger partial charge in [-0.15, -0.1) is 10.2 Å². The number of hydrogen-bond donors (Lipinski definition) is 1. The lowest BCUT2D eigenvalue weighted by Crippen LogP contribution is -2.42. The summed E-state index contributed by atoms with van der Waals surface area (Å²) in [5.74, 6) is 0.0462. The van der Waals surface area contributed by atoms with Gasteiger partial charge < -0.3 is 14.6 Å². The van der Waals surface area contributed by atoms with Crippen LogP contribution in [0.2, 0.25) is 0 Å². The van der Waals surface area contributed by atoms with E-state index in [1.165, 1.54) is 11.8 Å². The quantitative estimate of drug-likeness (QED) is 0.525. The molecular formula is C21H19N5O2S. The molecule has 1 N–H and O–H groups in total. The standard InChI is InChI=1S/C21H19N5O2S/c27-20(26-10-12-28-13-11-26)18(14-6-2-1-3-7-14)29-21-23-19-17(24-25-21)15-8-4-5-9-16(15)22-19/h1-9,18H,10-13H2,(H,22,23,25)/t18-/m1/s1. The fourth-order valence-electron chi connectivity index (χ4n) is 3.50. The molecule has 4 aromatic rings. The fraction of sp³-hybridized carbons (Fsp3) is 0.238. The van der Waals surface area contributed by atoms with Crippen molar-refractivity contribution in [3.8, 4) is 0 Å². The van der Waals surface area contributed by atoms with Crippen molar-refractivity contribution in [3.05, 3.63) is 60.2 Å². The molecule has 2 aromatic carbocycles. The molecule has 1 saturated heterocycles. The van der Waals surface area contributed by atoms with Crippen LogP contribution in [-0.4, -0.2) is 57.3 Å². The van der Waals surface area contributed by atoms with E-state index in [4.69, 9.17) is 4.74 Å². The highest BCUT2D eigenvalue weighted by molar-refractivity contribution is 8.00. The Morgan fingerprint density at radius 1 is 1.03 bits per heavy atom. The van der Waals surface area contributed by atoms with Crippen molar-refractivity contribution < 1.29 is 9.53 Å². The Kier molecular flexibility index (Phi) is 4.87. The number of aromatic amines is 1. The van der Waals surface area contributed by atoms with Gasteiger partial charge in [-0.25, -0.2) is 4.98 Å². The largest absolute Gasteiger partial charge is 0.378 e. The summed E-state index contributed by atoms with van der Waals surface area (Å²) >= 11 is 1.33. The lowest BCUT2D eigenvalue weighted by molar-refractivity contribution is -0.134. The number of ether oxygens (including phenoxy) is 1. The smallest absolute Gasteiger partial charge is 0.240 e. The second kappa shape index (κ2) is 7.81. The number of fused-ring (bicyclic) bond motifs is 3. The molecule has 1 amide bonds. The fourth-order valence-corrected chi connectivity index (χ4v) is 4.49. The highest BCUT2D eigenvalue weighted by Crippen LogP contribution is 2.35. The van der Waals surface area contributed by atoms with Gasteiger partial charge in [0.05, 0.1) is 13.2 Å². The summed E-state index contributed by atoms with van der Waals surface area (Å²) in [5.41, 5.74) is 3.31. The van der Waals surface area contributed by atoms with Crippen molar-refractivity contribution >= 4 is 39.7 Å². The number of nitrogens with one attached hydrogen (secondary N) is 1. The average molecular weight is 405 g/mol. The lowest BCUT2D eigenvalue weighted by Gasteiger charge is -2.30. The van der Waals surface area contributed by atoms with Crippen molar-refractivity contribution in [3.63, 3.8) is 0 Å². The topological polar surface area (TPSA) is 84.0 Å². The lowest BCUT2D eigenvalue weighted by atomic mass is 10.1. The zero-order valence-electron chi connectivity index (χ0n) is 15.6. The van der Waals surface area contributed by atoms with E-state index >= 15 is 0 Å². The summed E-state index contributed by atoms with van der Waals surface area (Å²) in [7, 11) is 0. The van der Waals surface area contributed by atoms with Gasteiger partial charge in [-0.05, 0) is 11.6 Å². The van der Waals surface area contributed by atoms with E-state index in [0.29, 0.717) is 37.1 Å². The third kappa shape index (κ3) is 3.56. The normalized spacial score (nSPS) is 15.7. The van der Waals surface area contributed by atoms with Gasteiger partial charge in [0.25, 0.3) is 0 Å². The molecule has 0 unspecified atom stereocenters. The van der Waals surface area contributed by atoms with Crippen molar-refractivity contribution in [2.45, 2.75) is 10.4 Å². The first-order chi connectivity index (χ1) is 14.3. The molecule has 29 heavy (non-hydrogen) atoms. The van der Waals surface area contributed by atoms with E-state index in [0.717, 1.165) is 22.0 Å². The summed E-state index contributed by atoms with van der Waals surface area (Å²) in [6.45, 7) is 2.33. The van der Waals surface area contributed by atoms with E-state index in [-0.39, 0.29) is 5.91 Å². The highest BCUT2D eigenvalue weighted by Gasteiger charge is 2.29. The Hall–Kier alpha value is -2.97. The van der Waals surface area contributed by atoms with E-state index in [9.17, 15) is 4.79 Å². The number of carbonyl (C=O) groups excluding carboxylic acids is 1. The maximum absolute atomic E-state index is 13.3. The first kappa shape index (κ1) is 18.1. The van der Waals surface area contributed by atoms with Crippen LogP contribution in [0, 0.1) is 0 Å². The number of aromatic nitrogens is 4. The van der Waals surface area contributed by atoms with Crippen molar-refractivity contribution in [2.75, 3.05) is 26.3 Å². The third-order valence-electron chi connectivity index (χ3n) is 4.98.